The summed E-state index contributed by atoms with van der Waals surface area (Å²) in [6.45, 7) is 5.86. The van der Waals surface area contributed by atoms with Gasteiger partial charge in [0.2, 0.25) is 17.7 Å². The molecule has 1 unspecified atom stereocenters. The van der Waals surface area contributed by atoms with Crippen molar-refractivity contribution in [2.24, 2.45) is 5.92 Å². The minimum Gasteiger partial charge on any atom is -0.456 e. The molecule has 2 aliphatic heterocycles. The van der Waals surface area contributed by atoms with E-state index in [1.807, 2.05) is 51.1 Å². The first kappa shape index (κ1) is 33.9. The van der Waals surface area contributed by atoms with E-state index in [9.17, 15) is 14.4 Å². The molecular weight excluding hydrogens is 600 g/mol. The van der Waals surface area contributed by atoms with E-state index in [1.54, 1.807) is 18.2 Å². The first-order chi connectivity index (χ1) is 22.7. The Hall–Kier alpha value is -4.45. The molecule has 250 valence electrons. The van der Waals surface area contributed by atoms with Crippen LogP contribution in [0.2, 0.25) is 0 Å². The topological polar surface area (TPSA) is 161 Å². The monoisotopic (exact) mass is 644 g/mol. The van der Waals surface area contributed by atoms with Crippen molar-refractivity contribution in [3.8, 4) is 11.5 Å². The molecule has 0 aromatic heterocycles. The minimum atomic E-state index is -0.896. The van der Waals surface area contributed by atoms with E-state index >= 15 is 0 Å². The van der Waals surface area contributed by atoms with E-state index in [1.165, 1.54) is 0 Å². The SMILES string of the molecule is CCCC[C@H](NC(=O)[C@H](CC(C)C)NC(=O)COCCO)C(=O)Nc1ccc2c(c1)Oc1cc(N)ccc1C21OCc2ccccc21. The molecule has 0 radical (unpaired) electrons. The number of amides is 3. The molecule has 3 amide bonds. The number of nitrogens with two attached hydrogens (primary N) is 1. The van der Waals surface area contributed by atoms with Crippen molar-refractivity contribution in [1.82, 2.24) is 10.6 Å². The molecule has 3 aromatic carbocycles. The van der Waals surface area contributed by atoms with Gasteiger partial charge in [-0.2, -0.15) is 0 Å². The minimum absolute atomic E-state index is 0.0172. The Balaban J connectivity index is 1.37. The van der Waals surface area contributed by atoms with Crippen LogP contribution in [0.25, 0.3) is 0 Å². The molecule has 2 aliphatic rings. The summed E-state index contributed by atoms with van der Waals surface area (Å²) in [5, 5.41) is 17.5. The van der Waals surface area contributed by atoms with Gasteiger partial charge in [-0.15, -0.1) is 0 Å². The standard InChI is InChI=1S/C36H44N4O7/c1-4-5-10-29(40-35(44)30(17-22(2)3)39-33(42)21-45-16-15-41)34(43)38-25-12-14-28-32(19-25)47-31-18-24(37)11-13-27(31)36(28)26-9-7-6-8-23(26)20-46-36/h6-9,11-14,18-19,22,29-30,41H,4-5,10,15-17,20-21,37H2,1-3H3,(H,38,43)(H,39,42)(H,40,44)/t29-,30-,36?/m0/s1. The summed E-state index contributed by atoms with van der Waals surface area (Å²) in [4.78, 5) is 39.5. The molecule has 0 saturated heterocycles. The molecule has 6 N–H and O–H groups in total. The van der Waals surface area contributed by atoms with Crippen LogP contribution in [0, 0.1) is 5.92 Å². The maximum absolute atomic E-state index is 13.7. The zero-order valence-corrected chi connectivity index (χ0v) is 27.1. The van der Waals surface area contributed by atoms with Gasteiger partial charge in [0, 0.05) is 34.6 Å². The Kier molecular flexibility index (Phi) is 10.8. The molecule has 5 rings (SSSR count). The molecule has 2 heterocycles. The molecule has 0 saturated carbocycles. The first-order valence-corrected chi connectivity index (χ1v) is 16.2. The molecule has 0 fully saturated rings. The second-order valence-corrected chi connectivity index (χ2v) is 12.4. The number of carbonyl (C=O) groups excluding carboxylic acids is 3. The van der Waals surface area contributed by atoms with Crippen molar-refractivity contribution in [3.63, 3.8) is 0 Å². The Bertz CT molecular complexity index is 1610. The number of hydrogen-bond donors (Lipinski definition) is 5. The van der Waals surface area contributed by atoms with Crippen molar-refractivity contribution in [2.45, 2.75) is 70.7 Å². The lowest BCUT2D eigenvalue weighted by molar-refractivity contribution is -0.133. The van der Waals surface area contributed by atoms with Gasteiger partial charge in [-0.3, -0.25) is 14.4 Å². The van der Waals surface area contributed by atoms with E-state index in [4.69, 9.17) is 25.1 Å². The Morgan fingerprint density at radius 1 is 0.957 bits per heavy atom. The van der Waals surface area contributed by atoms with E-state index in [0.717, 1.165) is 28.7 Å². The molecule has 11 heteroatoms. The van der Waals surface area contributed by atoms with Crippen LogP contribution in [0.4, 0.5) is 11.4 Å². The highest BCUT2D eigenvalue weighted by Gasteiger charge is 2.49. The third-order valence-corrected chi connectivity index (χ3v) is 8.38. The van der Waals surface area contributed by atoms with Crippen LogP contribution in [0.15, 0.2) is 60.7 Å². The number of aliphatic hydroxyl groups excluding tert-OH is 1. The Labute approximate surface area is 275 Å². The number of carbonyl (C=O) groups is 3. The van der Waals surface area contributed by atoms with Gasteiger partial charge in [-0.05, 0) is 54.2 Å². The van der Waals surface area contributed by atoms with Crippen LogP contribution in [0.3, 0.4) is 0 Å². The predicted molar refractivity (Wildman–Crippen MR) is 178 cm³/mol. The summed E-state index contributed by atoms with van der Waals surface area (Å²) in [5.74, 6) is -0.112. The summed E-state index contributed by atoms with van der Waals surface area (Å²) >= 11 is 0. The third-order valence-electron chi connectivity index (χ3n) is 8.38. The molecule has 47 heavy (non-hydrogen) atoms. The number of aliphatic hydroxyl groups is 1. The predicted octanol–water partition coefficient (Wildman–Crippen LogP) is 4.35. The summed E-state index contributed by atoms with van der Waals surface area (Å²) in [7, 11) is 0. The summed E-state index contributed by atoms with van der Waals surface area (Å²) in [5.41, 5.74) is 10.1. The highest BCUT2D eigenvalue weighted by Crippen LogP contribution is 2.56. The van der Waals surface area contributed by atoms with E-state index in [2.05, 4.69) is 28.1 Å². The summed E-state index contributed by atoms with van der Waals surface area (Å²) in [6, 6.07) is 17.4. The lowest BCUT2D eigenvalue weighted by Crippen LogP contribution is -2.53. The number of fused-ring (bicyclic) bond motifs is 6. The summed E-state index contributed by atoms with van der Waals surface area (Å²) in [6.07, 6.45) is 2.32. The van der Waals surface area contributed by atoms with Crippen molar-refractivity contribution < 1.29 is 33.7 Å². The first-order valence-electron chi connectivity index (χ1n) is 16.2. The van der Waals surface area contributed by atoms with Crippen LogP contribution in [0.5, 0.6) is 11.5 Å². The second-order valence-electron chi connectivity index (χ2n) is 12.4. The lowest BCUT2D eigenvalue weighted by Gasteiger charge is -2.37. The number of anilines is 2. The van der Waals surface area contributed by atoms with Crippen molar-refractivity contribution in [1.29, 1.82) is 0 Å². The maximum Gasteiger partial charge on any atom is 0.246 e. The highest BCUT2D eigenvalue weighted by molar-refractivity contribution is 5.98. The number of ether oxygens (including phenoxy) is 3. The molecule has 0 bridgehead atoms. The zero-order valence-electron chi connectivity index (χ0n) is 27.1. The fourth-order valence-electron chi connectivity index (χ4n) is 6.20. The van der Waals surface area contributed by atoms with Gasteiger partial charge in [-0.1, -0.05) is 57.9 Å². The van der Waals surface area contributed by atoms with E-state index in [-0.39, 0.29) is 31.6 Å². The van der Waals surface area contributed by atoms with Crippen LogP contribution in [0.1, 0.15) is 68.7 Å². The van der Waals surface area contributed by atoms with E-state index < -0.39 is 29.5 Å². The number of benzene rings is 3. The Morgan fingerprint density at radius 2 is 1.70 bits per heavy atom. The zero-order chi connectivity index (χ0) is 33.6. The van der Waals surface area contributed by atoms with Crippen LogP contribution in [-0.4, -0.2) is 54.7 Å². The fraction of sp³-hybridized carbons (Fsp3) is 0.417. The van der Waals surface area contributed by atoms with Gasteiger partial charge in [0.15, 0.2) is 5.60 Å². The van der Waals surface area contributed by atoms with Crippen molar-refractivity contribution >= 4 is 29.1 Å². The normalized spacial score (nSPS) is 17.2. The molecule has 3 atom stereocenters. The fourth-order valence-corrected chi connectivity index (χ4v) is 6.20. The van der Waals surface area contributed by atoms with Gasteiger partial charge in [0.25, 0.3) is 0 Å². The maximum atomic E-state index is 13.7. The number of nitrogen functional groups attached to an aromatic ring is 1. The van der Waals surface area contributed by atoms with Gasteiger partial charge < -0.3 is 41.0 Å². The van der Waals surface area contributed by atoms with Gasteiger partial charge in [0.05, 0.1) is 19.8 Å². The van der Waals surface area contributed by atoms with E-state index in [0.29, 0.717) is 48.7 Å². The second kappa shape index (κ2) is 15.0. The largest absolute Gasteiger partial charge is 0.456 e. The highest BCUT2D eigenvalue weighted by atomic mass is 16.5. The molecule has 11 nitrogen and oxygen atoms in total. The lowest BCUT2D eigenvalue weighted by atomic mass is 9.77. The van der Waals surface area contributed by atoms with Gasteiger partial charge >= 0.3 is 0 Å². The van der Waals surface area contributed by atoms with Crippen LogP contribution in [-0.2, 0) is 36.1 Å². The van der Waals surface area contributed by atoms with Crippen LogP contribution >= 0.6 is 0 Å². The summed E-state index contributed by atoms with van der Waals surface area (Å²) < 4.78 is 18.1. The number of rotatable bonds is 14. The van der Waals surface area contributed by atoms with Gasteiger partial charge in [0.1, 0.15) is 30.2 Å². The van der Waals surface area contributed by atoms with Crippen molar-refractivity contribution in [2.75, 3.05) is 30.9 Å². The van der Waals surface area contributed by atoms with Crippen molar-refractivity contribution in [3.05, 3.63) is 82.9 Å². The number of nitrogens with one attached hydrogen (secondary N) is 3. The van der Waals surface area contributed by atoms with Gasteiger partial charge in [-0.25, -0.2) is 0 Å². The molecular formula is C36H44N4O7. The smallest absolute Gasteiger partial charge is 0.246 e. The molecule has 0 aliphatic carbocycles. The number of unbranched alkanes of at least 4 members (excludes halogenated alkanes) is 1. The average Bonchev–Trinajstić information content (AvgIpc) is 3.42. The Morgan fingerprint density at radius 3 is 2.45 bits per heavy atom. The van der Waals surface area contributed by atoms with Crippen LogP contribution < -0.4 is 26.4 Å². The third kappa shape index (κ3) is 7.43. The number of hydrogen-bond acceptors (Lipinski definition) is 8. The molecule has 3 aromatic rings. The quantitative estimate of drug-likeness (QED) is 0.128. The average molecular weight is 645 g/mol. The molecule has 1 spiro atoms.